The first-order valence-corrected chi connectivity index (χ1v) is 8.51. The van der Waals surface area contributed by atoms with Gasteiger partial charge in [-0.05, 0) is 73.1 Å². The molecule has 1 fully saturated rings. The lowest BCUT2D eigenvalue weighted by Gasteiger charge is -2.29. The van der Waals surface area contributed by atoms with E-state index in [9.17, 15) is 5.26 Å². The van der Waals surface area contributed by atoms with Crippen molar-refractivity contribution in [2.45, 2.75) is 71.0 Å². The molecule has 1 saturated heterocycles. The summed E-state index contributed by atoms with van der Waals surface area (Å²) >= 11 is 0. The average Bonchev–Trinajstić information content (AvgIpc) is 2.85. The van der Waals surface area contributed by atoms with Crippen molar-refractivity contribution in [3.05, 3.63) is 0 Å². The van der Waals surface area contributed by atoms with Crippen LogP contribution in [0.25, 0.3) is 0 Å². The molecule has 0 aliphatic carbocycles. The molecule has 1 aliphatic rings. The fraction of sp³-hybridized carbons (Fsp3) is 0.941. The Labute approximate surface area is 131 Å². The highest BCUT2D eigenvalue weighted by Gasteiger charge is 2.26. The third-order valence-corrected chi connectivity index (χ3v) is 4.50. The summed E-state index contributed by atoms with van der Waals surface area (Å²) in [5, 5.41) is 12.7. The lowest BCUT2D eigenvalue weighted by Crippen LogP contribution is -2.45. The molecule has 1 aliphatic heterocycles. The van der Waals surface area contributed by atoms with E-state index in [1.165, 1.54) is 25.9 Å². The minimum absolute atomic E-state index is 0.351. The summed E-state index contributed by atoms with van der Waals surface area (Å²) in [6.07, 6.45) is 4.66. The number of nitriles is 1. The molecule has 2 unspecified atom stereocenters. The van der Waals surface area contributed by atoms with Crippen LogP contribution >= 0.6 is 0 Å². The molecule has 0 aromatic carbocycles. The van der Waals surface area contributed by atoms with Crippen LogP contribution in [0.5, 0.6) is 0 Å². The number of likely N-dealkylation sites (N-methyl/N-ethyl adjacent to an activating group) is 2. The van der Waals surface area contributed by atoms with Crippen molar-refractivity contribution >= 4 is 0 Å². The van der Waals surface area contributed by atoms with Crippen molar-refractivity contribution in [1.29, 1.82) is 5.26 Å². The molecule has 0 radical (unpaired) electrons. The van der Waals surface area contributed by atoms with Gasteiger partial charge >= 0.3 is 0 Å². The van der Waals surface area contributed by atoms with Gasteiger partial charge in [0.25, 0.3) is 0 Å². The molecule has 1 rings (SSSR count). The summed E-state index contributed by atoms with van der Waals surface area (Å²) in [6, 6.07) is 3.52. The molecule has 0 spiro atoms. The zero-order valence-electron chi connectivity index (χ0n) is 14.7. The van der Waals surface area contributed by atoms with E-state index in [1.54, 1.807) is 0 Å². The lowest BCUT2D eigenvalue weighted by atomic mass is 9.96. The molecule has 4 heteroatoms. The minimum Gasteiger partial charge on any atom is -0.305 e. The Morgan fingerprint density at radius 2 is 2.19 bits per heavy atom. The van der Waals surface area contributed by atoms with Gasteiger partial charge in [0.1, 0.15) is 5.54 Å². The summed E-state index contributed by atoms with van der Waals surface area (Å²) < 4.78 is 0. The van der Waals surface area contributed by atoms with Gasteiger partial charge in [0.05, 0.1) is 6.07 Å². The van der Waals surface area contributed by atoms with E-state index in [-0.39, 0.29) is 0 Å². The highest BCUT2D eigenvalue weighted by Crippen LogP contribution is 2.18. The van der Waals surface area contributed by atoms with Crippen molar-refractivity contribution in [2.24, 2.45) is 0 Å². The van der Waals surface area contributed by atoms with Crippen LogP contribution in [0.2, 0.25) is 0 Å². The van der Waals surface area contributed by atoms with Gasteiger partial charge in [0.2, 0.25) is 0 Å². The highest BCUT2D eigenvalue weighted by atomic mass is 15.2. The van der Waals surface area contributed by atoms with E-state index >= 15 is 0 Å². The SMILES string of the molecule is CCN1CCCC1CN(C)CCCC(C)(C#N)NC(C)C. The van der Waals surface area contributed by atoms with Gasteiger partial charge in [0, 0.05) is 18.6 Å². The van der Waals surface area contributed by atoms with Crippen molar-refractivity contribution < 1.29 is 0 Å². The smallest absolute Gasteiger partial charge is 0.104 e. The highest BCUT2D eigenvalue weighted by molar-refractivity contribution is 5.04. The van der Waals surface area contributed by atoms with E-state index in [1.807, 2.05) is 6.92 Å². The summed E-state index contributed by atoms with van der Waals surface area (Å²) in [5.74, 6) is 0. The van der Waals surface area contributed by atoms with Gasteiger partial charge in [-0.2, -0.15) is 5.26 Å². The minimum atomic E-state index is -0.391. The molecule has 1 heterocycles. The Morgan fingerprint density at radius 3 is 2.76 bits per heavy atom. The molecule has 0 bridgehead atoms. The second-order valence-corrected chi connectivity index (χ2v) is 7.03. The first-order chi connectivity index (χ1) is 9.90. The van der Waals surface area contributed by atoms with E-state index in [2.05, 4.69) is 49.0 Å². The van der Waals surface area contributed by atoms with Gasteiger partial charge in [-0.1, -0.05) is 6.92 Å². The van der Waals surface area contributed by atoms with Crippen molar-refractivity contribution in [3.8, 4) is 6.07 Å². The standard InChI is InChI=1S/C17H34N4/c1-6-21-12-7-9-16(21)13-20(5)11-8-10-17(4,14-18)19-15(2)3/h15-16,19H,6-13H2,1-5H3. The first-order valence-electron chi connectivity index (χ1n) is 8.51. The molecule has 122 valence electrons. The zero-order chi connectivity index (χ0) is 15.9. The molecule has 4 nitrogen and oxygen atoms in total. The quantitative estimate of drug-likeness (QED) is 0.709. The largest absolute Gasteiger partial charge is 0.305 e. The third-order valence-electron chi connectivity index (χ3n) is 4.50. The molecule has 0 saturated carbocycles. The van der Waals surface area contributed by atoms with Crippen LogP contribution in [0.4, 0.5) is 0 Å². The molecule has 21 heavy (non-hydrogen) atoms. The number of likely N-dealkylation sites (tertiary alicyclic amines) is 1. The van der Waals surface area contributed by atoms with Crippen molar-refractivity contribution in [2.75, 3.05) is 33.2 Å². The second-order valence-electron chi connectivity index (χ2n) is 7.03. The topological polar surface area (TPSA) is 42.3 Å². The number of hydrogen-bond donors (Lipinski definition) is 1. The number of rotatable bonds is 9. The second kappa shape index (κ2) is 8.73. The van der Waals surface area contributed by atoms with Crippen LogP contribution in [0, 0.1) is 11.3 Å². The Bertz CT molecular complexity index is 336. The van der Waals surface area contributed by atoms with Crippen LogP contribution in [0.3, 0.4) is 0 Å². The van der Waals surface area contributed by atoms with Crippen LogP contribution in [-0.4, -0.2) is 60.6 Å². The first kappa shape index (κ1) is 18.4. The Morgan fingerprint density at radius 1 is 1.48 bits per heavy atom. The summed E-state index contributed by atoms with van der Waals surface area (Å²) in [5.41, 5.74) is -0.391. The van der Waals surface area contributed by atoms with Crippen molar-refractivity contribution in [3.63, 3.8) is 0 Å². The average molecular weight is 294 g/mol. The fourth-order valence-electron chi connectivity index (χ4n) is 3.47. The maximum Gasteiger partial charge on any atom is 0.104 e. The van der Waals surface area contributed by atoms with Crippen LogP contribution in [0.15, 0.2) is 0 Å². The Kier molecular flexibility index (Phi) is 7.65. The number of hydrogen-bond acceptors (Lipinski definition) is 4. The maximum absolute atomic E-state index is 9.36. The lowest BCUT2D eigenvalue weighted by molar-refractivity contribution is 0.194. The maximum atomic E-state index is 9.36. The molecule has 0 aromatic heterocycles. The fourth-order valence-corrected chi connectivity index (χ4v) is 3.47. The number of nitrogens with zero attached hydrogens (tertiary/aromatic N) is 3. The van der Waals surface area contributed by atoms with E-state index < -0.39 is 5.54 Å². The van der Waals surface area contributed by atoms with Gasteiger partial charge in [0.15, 0.2) is 0 Å². The summed E-state index contributed by atoms with van der Waals surface area (Å²) in [4.78, 5) is 5.03. The van der Waals surface area contributed by atoms with Gasteiger partial charge < -0.3 is 4.90 Å². The van der Waals surface area contributed by atoms with Gasteiger partial charge in [-0.15, -0.1) is 0 Å². The monoisotopic (exact) mass is 294 g/mol. The normalized spacial score (nSPS) is 22.7. The van der Waals surface area contributed by atoms with Crippen LogP contribution in [0.1, 0.15) is 53.4 Å². The molecule has 2 atom stereocenters. The van der Waals surface area contributed by atoms with E-state index in [0.717, 1.165) is 32.0 Å². The van der Waals surface area contributed by atoms with Gasteiger partial charge in [-0.3, -0.25) is 10.2 Å². The molecular formula is C17H34N4. The molecule has 0 amide bonds. The van der Waals surface area contributed by atoms with Crippen molar-refractivity contribution in [1.82, 2.24) is 15.1 Å². The molecular weight excluding hydrogens is 260 g/mol. The molecule has 1 N–H and O–H groups in total. The Hall–Kier alpha value is -0.630. The Balaban J connectivity index is 2.29. The predicted molar refractivity (Wildman–Crippen MR) is 89.3 cm³/mol. The third kappa shape index (κ3) is 6.34. The van der Waals surface area contributed by atoms with Crippen LogP contribution in [-0.2, 0) is 0 Å². The predicted octanol–water partition coefficient (Wildman–Crippen LogP) is 2.46. The van der Waals surface area contributed by atoms with Gasteiger partial charge in [-0.25, -0.2) is 0 Å². The molecule has 0 aromatic rings. The zero-order valence-corrected chi connectivity index (χ0v) is 14.7. The summed E-state index contributed by atoms with van der Waals surface area (Å²) in [7, 11) is 2.21. The summed E-state index contributed by atoms with van der Waals surface area (Å²) in [6.45, 7) is 13.1. The van der Waals surface area contributed by atoms with E-state index in [4.69, 9.17) is 0 Å². The van der Waals surface area contributed by atoms with E-state index in [0.29, 0.717) is 6.04 Å². The van der Waals surface area contributed by atoms with Crippen LogP contribution < -0.4 is 5.32 Å². The number of nitrogens with one attached hydrogen (secondary N) is 1.